The quantitative estimate of drug-likeness (QED) is 0.417. The number of benzene rings is 2. The number of ether oxygens (including phenoxy) is 1. The largest absolute Gasteiger partial charge is 0.492 e. The third-order valence-corrected chi connectivity index (χ3v) is 4.56. The minimum Gasteiger partial charge on any atom is -0.492 e. The zero-order valence-electron chi connectivity index (χ0n) is 18.1. The van der Waals surface area contributed by atoms with Gasteiger partial charge in [0.2, 0.25) is 0 Å². The molecule has 0 aliphatic heterocycles. The number of nitrogens with two attached hydrogens (primary N) is 1. The fourth-order valence-electron chi connectivity index (χ4n) is 2.56. The molecule has 0 fully saturated rings. The monoisotopic (exact) mass is 420 g/mol. The van der Waals surface area contributed by atoms with Crippen LogP contribution in [-0.4, -0.2) is 24.6 Å². The van der Waals surface area contributed by atoms with E-state index in [2.05, 4.69) is 19.1 Å². The Balaban J connectivity index is 0.000000220. The molecular formula is C25H28N2O4. The number of rotatable bonds is 7. The summed E-state index contributed by atoms with van der Waals surface area (Å²) in [6, 6.07) is 18.6. The fraction of sp³-hybridized carbons (Fsp3) is 0.280. The summed E-state index contributed by atoms with van der Waals surface area (Å²) in [6.45, 7) is 6.27. The van der Waals surface area contributed by atoms with Crippen molar-refractivity contribution in [3.8, 4) is 23.1 Å². The van der Waals surface area contributed by atoms with Crippen molar-refractivity contribution in [3.63, 3.8) is 0 Å². The van der Waals surface area contributed by atoms with Crippen molar-refractivity contribution >= 4 is 12.0 Å². The van der Waals surface area contributed by atoms with Gasteiger partial charge in [0.05, 0.1) is 18.8 Å². The minimum atomic E-state index is -0.325. The van der Waals surface area contributed by atoms with Gasteiger partial charge in [0.1, 0.15) is 17.6 Å². The smallest absolute Gasteiger partial charge is 0.185 e. The first-order chi connectivity index (χ1) is 14.8. The summed E-state index contributed by atoms with van der Waals surface area (Å²) in [7, 11) is 0. The number of nitrogens with zero attached hydrogens (tertiary/aromatic N) is 1. The number of nitrogen functional groups attached to an aromatic ring is 1. The van der Waals surface area contributed by atoms with Crippen molar-refractivity contribution in [1.29, 1.82) is 5.26 Å². The predicted octanol–water partition coefficient (Wildman–Crippen LogP) is 4.86. The molecular weight excluding hydrogens is 392 g/mol. The van der Waals surface area contributed by atoms with Crippen LogP contribution in [0.4, 0.5) is 5.69 Å². The van der Waals surface area contributed by atoms with Gasteiger partial charge in [0.25, 0.3) is 0 Å². The van der Waals surface area contributed by atoms with Crippen LogP contribution in [0.1, 0.15) is 42.5 Å². The fourth-order valence-corrected chi connectivity index (χ4v) is 2.56. The van der Waals surface area contributed by atoms with Gasteiger partial charge in [-0.2, -0.15) is 5.26 Å². The topological polar surface area (TPSA) is 109 Å². The Morgan fingerprint density at radius 3 is 2.42 bits per heavy atom. The number of carbonyl (C=O) groups is 1. The second-order valence-electron chi connectivity index (χ2n) is 7.85. The molecule has 6 nitrogen and oxygen atoms in total. The van der Waals surface area contributed by atoms with E-state index in [0.29, 0.717) is 35.7 Å². The average molecular weight is 421 g/mol. The summed E-state index contributed by atoms with van der Waals surface area (Å²) in [5, 5.41) is 18.0. The van der Waals surface area contributed by atoms with Crippen molar-refractivity contribution in [3.05, 3.63) is 71.5 Å². The summed E-state index contributed by atoms with van der Waals surface area (Å²) < 4.78 is 10.8. The Morgan fingerprint density at radius 2 is 1.87 bits per heavy atom. The van der Waals surface area contributed by atoms with Crippen LogP contribution < -0.4 is 10.5 Å². The molecule has 6 heteroatoms. The number of carbonyl (C=O) groups excluding carboxylic acids is 1. The number of hydrogen-bond acceptors (Lipinski definition) is 6. The lowest BCUT2D eigenvalue weighted by atomic mass is 9.96. The highest BCUT2D eigenvalue weighted by molar-refractivity contribution is 5.72. The molecule has 0 amide bonds. The van der Waals surface area contributed by atoms with Crippen LogP contribution in [0.2, 0.25) is 0 Å². The lowest BCUT2D eigenvalue weighted by Crippen LogP contribution is -2.25. The molecule has 0 saturated carbocycles. The van der Waals surface area contributed by atoms with E-state index in [1.807, 2.05) is 38.1 Å². The third kappa shape index (κ3) is 7.02. The Hall–Kier alpha value is -3.56. The van der Waals surface area contributed by atoms with Crippen LogP contribution in [-0.2, 0) is 6.42 Å². The summed E-state index contributed by atoms with van der Waals surface area (Å²) >= 11 is 0. The highest BCUT2D eigenvalue weighted by atomic mass is 16.5. The molecule has 3 N–H and O–H groups in total. The van der Waals surface area contributed by atoms with Crippen LogP contribution >= 0.6 is 0 Å². The Bertz CT molecular complexity index is 1030. The molecule has 1 heterocycles. The standard InChI is InChI=1S/C13H12O2.C12H16N2O2/c1-2-10-3-5-11(6-4-10)13-8-7-12(9-14)15-13;1-12(2,7-15)8-16-11-4-3-10(14)5-9(11)6-13/h3-9H,2H2,1H3;3-5,15H,7-8,14H2,1-2H3. The number of aliphatic hydroxyl groups excluding tert-OH is 1. The van der Waals surface area contributed by atoms with Crippen molar-refractivity contribution in [2.24, 2.45) is 5.41 Å². The highest BCUT2D eigenvalue weighted by Gasteiger charge is 2.18. The van der Waals surface area contributed by atoms with E-state index in [1.165, 1.54) is 5.56 Å². The maximum atomic E-state index is 10.5. The second-order valence-corrected chi connectivity index (χ2v) is 7.85. The van der Waals surface area contributed by atoms with E-state index >= 15 is 0 Å². The van der Waals surface area contributed by atoms with Gasteiger partial charge in [0.15, 0.2) is 12.0 Å². The zero-order valence-corrected chi connectivity index (χ0v) is 18.1. The van der Waals surface area contributed by atoms with Gasteiger partial charge in [-0.3, -0.25) is 4.79 Å². The number of hydrogen-bond donors (Lipinski definition) is 2. The first-order valence-corrected chi connectivity index (χ1v) is 9.99. The van der Waals surface area contributed by atoms with Crippen LogP contribution in [0.25, 0.3) is 11.3 Å². The number of furan rings is 1. The number of aldehydes is 1. The van der Waals surface area contributed by atoms with Gasteiger partial charge < -0.3 is 20.0 Å². The summed E-state index contributed by atoms with van der Waals surface area (Å²) in [6.07, 6.45) is 1.74. The SMILES string of the molecule is CC(C)(CO)COc1ccc(N)cc1C#N.CCc1ccc(-c2ccc(C=O)o2)cc1. The number of aryl methyl sites for hydroxylation is 1. The summed E-state index contributed by atoms with van der Waals surface area (Å²) in [5.41, 5.74) is 8.48. The molecule has 3 aromatic rings. The molecule has 31 heavy (non-hydrogen) atoms. The molecule has 0 bridgehead atoms. The molecule has 0 unspecified atom stereocenters. The van der Waals surface area contributed by atoms with Crippen LogP contribution in [0.3, 0.4) is 0 Å². The maximum Gasteiger partial charge on any atom is 0.185 e. The van der Waals surface area contributed by atoms with Crippen molar-refractivity contribution < 1.29 is 19.1 Å². The predicted molar refractivity (Wildman–Crippen MR) is 121 cm³/mol. The van der Waals surface area contributed by atoms with E-state index in [1.54, 1.807) is 24.3 Å². The van der Waals surface area contributed by atoms with Gasteiger partial charge in [-0.1, -0.05) is 45.0 Å². The van der Waals surface area contributed by atoms with E-state index in [4.69, 9.17) is 25.3 Å². The Morgan fingerprint density at radius 1 is 1.16 bits per heavy atom. The molecule has 2 aromatic carbocycles. The molecule has 0 aliphatic carbocycles. The molecule has 0 saturated heterocycles. The molecule has 0 radical (unpaired) electrons. The molecule has 3 rings (SSSR count). The third-order valence-electron chi connectivity index (χ3n) is 4.56. The number of anilines is 1. The second kappa shape index (κ2) is 11.0. The molecule has 162 valence electrons. The number of aliphatic hydroxyl groups is 1. The van der Waals surface area contributed by atoms with Gasteiger partial charge in [-0.05, 0) is 42.3 Å². The Kier molecular flexibility index (Phi) is 8.42. The first kappa shape index (κ1) is 23.7. The molecule has 0 atom stereocenters. The number of nitriles is 1. The average Bonchev–Trinajstić information content (AvgIpc) is 3.28. The lowest BCUT2D eigenvalue weighted by Gasteiger charge is -2.22. The maximum absolute atomic E-state index is 10.5. The zero-order chi connectivity index (χ0) is 22.9. The van der Waals surface area contributed by atoms with E-state index in [0.717, 1.165) is 17.7 Å². The van der Waals surface area contributed by atoms with Gasteiger partial charge in [-0.15, -0.1) is 0 Å². The minimum absolute atomic E-state index is 0.0316. The van der Waals surface area contributed by atoms with Crippen LogP contribution in [0.15, 0.2) is 59.0 Å². The first-order valence-electron chi connectivity index (χ1n) is 9.99. The highest BCUT2D eigenvalue weighted by Crippen LogP contribution is 2.24. The summed E-state index contributed by atoms with van der Waals surface area (Å²) in [4.78, 5) is 10.5. The van der Waals surface area contributed by atoms with Gasteiger partial charge in [0, 0.05) is 16.7 Å². The van der Waals surface area contributed by atoms with Crippen molar-refractivity contribution in [2.75, 3.05) is 18.9 Å². The normalized spacial score (nSPS) is 10.5. The lowest BCUT2D eigenvalue weighted by molar-refractivity contribution is 0.0974. The summed E-state index contributed by atoms with van der Waals surface area (Å²) in [5.74, 6) is 1.60. The van der Waals surface area contributed by atoms with E-state index in [-0.39, 0.29) is 12.0 Å². The van der Waals surface area contributed by atoms with Gasteiger partial charge >= 0.3 is 0 Å². The van der Waals surface area contributed by atoms with Crippen LogP contribution in [0, 0.1) is 16.7 Å². The Labute approximate surface area is 182 Å². The molecule has 0 spiro atoms. The van der Waals surface area contributed by atoms with Crippen molar-refractivity contribution in [1.82, 2.24) is 0 Å². The van der Waals surface area contributed by atoms with Crippen LogP contribution in [0.5, 0.6) is 5.75 Å². The molecule has 1 aromatic heterocycles. The van der Waals surface area contributed by atoms with Crippen molar-refractivity contribution in [2.45, 2.75) is 27.2 Å². The van der Waals surface area contributed by atoms with E-state index in [9.17, 15) is 4.79 Å². The van der Waals surface area contributed by atoms with Gasteiger partial charge in [-0.25, -0.2) is 0 Å². The molecule has 0 aliphatic rings. The van der Waals surface area contributed by atoms with E-state index < -0.39 is 0 Å².